The molecule has 3 heteroatoms. The van der Waals surface area contributed by atoms with Gasteiger partial charge in [0.1, 0.15) is 6.10 Å². The van der Waals surface area contributed by atoms with Crippen molar-refractivity contribution in [1.29, 1.82) is 0 Å². The molecule has 0 spiro atoms. The van der Waals surface area contributed by atoms with E-state index in [0.29, 0.717) is 11.8 Å². The van der Waals surface area contributed by atoms with Crippen molar-refractivity contribution in [3.05, 3.63) is 0 Å². The average molecular weight is 199 g/mol. The lowest BCUT2D eigenvalue weighted by atomic mass is 9.98. The molecule has 14 heavy (non-hydrogen) atoms. The second kappa shape index (κ2) is 4.78. The van der Waals surface area contributed by atoms with Gasteiger partial charge in [0.2, 0.25) is 0 Å². The summed E-state index contributed by atoms with van der Waals surface area (Å²) >= 11 is 0. The highest BCUT2D eigenvalue weighted by atomic mass is 16.5. The molecule has 1 fully saturated rings. The lowest BCUT2D eigenvalue weighted by Gasteiger charge is -2.23. The molecule has 1 aliphatic heterocycles. The molecule has 1 amide bonds. The third kappa shape index (κ3) is 2.47. The van der Waals surface area contributed by atoms with E-state index in [0.717, 1.165) is 19.5 Å². The van der Waals surface area contributed by atoms with Crippen LogP contribution in [0, 0.1) is 11.8 Å². The Morgan fingerprint density at radius 3 is 2.57 bits per heavy atom. The summed E-state index contributed by atoms with van der Waals surface area (Å²) in [4.78, 5) is 13.6. The van der Waals surface area contributed by atoms with Gasteiger partial charge in [-0.15, -0.1) is 0 Å². The van der Waals surface area contributed by atoms with E-state index in [2.05, 4.69) is 20.8 Å². The zero-order valence-electron chi connectivity index (χ0n) is 9.62. The monoisotopic (exact) mass is 199 g/mol. The molecule has 0 bridgehead atoms. The minimum Gasteiger partial charge on any atom is -0.372 e. The lowest BCUT2D eigenvalue weighted by molar-refractivity contribution is -0.136. The summed E-state index contributed by atoms with van der Waals surface area (Å²) < 4.78 is 5.10. The van der Waals surface area contributed by atoms with E-state index in [1.807, 2.05) is 4.90 Å². The number of ether oxygens (including phenoxy) is 1. The van der Waals surface area contributed by atoms with Gasteiger partial charge in [-0.05, 0) is 11.8 Å². The molecule has 2 atom stereocenters. The van der Waals surface area contributed by atoms with Gasteiger partial charge in [0.05, 0.1) is 0 Å². The van der Waals surface area contributed by atoms with Gasteiger partial charge in [0, 0.05) is 26.6 Å². The molecule has 1 saturated heterocycles. The number of amides is 1. The number of likely N-dealkylation sites (tertiary alicyclic amines) is 1. The van der Waals surface area contributed by atoms with Crippen molar-refractivity contribution in [3.63, 3.8) is 0 Å². The predicted octanol–water partition coefficient (Wildman–Crippen LogP) is 1.53. The van der Waals surface area contributed by atoms with E-state index in [9.17, 15) is 4.79 Å². The van der Waals surface area contributed by atoms with E-state index >= 15 is 0 Å². The van der Waals surface area contributed by atoms with Crippen LogP contribution in [-0.4, -0.2) is 37.1 Å². The zero-order chi connectivity index (χ0) is 10.7. The highest BCUT2D eigenvalue weighted by molar-refractivity contribution is 5.82. The van der Waals surface area contributed by atoms with Crippen LogP contribution in [0.2, 0.25) is 0 Å². The molecule has 1 rings (SSSR count). The van der Waals surface area contributed by atoms with E-state index in [1.165, 1.54) is 0 Å². The second-order valence-corrected chi connectivity index (χ2v) is 4.52. The minimum absolute atomic E-state index is 0.167. The summed E-state index contributed by atoms with van der Waals surface area (Å²) in [6, 6.07) is 0. The normalized spacial score (nSPS) is 24.8. The highest BCUT2D eigenvalue weighted by Gasteiger charge is 2.32. The lowest BCUT2D eigenvalue weighted by Crippen LogP contribution is -2.34. The Morgan fingerprint density at radius 1 is 1.50 bits per heavy atom. The highest BCUT2D eigenvalue weighted by Crippen LogP contribution is 2.18. The fraction of sp³-hybridized carbons (Fsp3) is 0.909. The molecule has 0 aromatic carbocycles. The van der Waals surface area contributed by atoms with Gasteiger partial charge < -0.3 is 9.64 Å². The van der Waals surface area contributed by atoms with Gasteiger partial charge in [-0.25, -0.2) is 0 Å². The molecule has 82 valence electrons. The quantitative estimate of drug-likeness (QED) is 0.687. The van der Waals surface area contributed by atoms with Crippen molar-refractivity contribution in [1.82, 2.24) is 4.90 Å². The summed E-state index contributed by atoms with van der Waals surface area (Å²) in [5, 5.41) is 0. The topological polar surface area (TPSA) is 29.5 Å². The Kier molecular flexibility index (Phi) is 3.93. The Bertz CT molecular complexity index is 203. The average Bonchev–Trinajstić information content (AvgIpc) is 2.47. The maximum absolute atomic E-state index is 11.7. The molecule has 0 N–H and O–H groups in total. The largest absolute Gasteiger partial charge is 0.372 e. The summed E-state index contributed by atoms with van der Waals surface area (Å²) in [7, 11) is 1.61. The first-order valence-electron chi connectivity index (χ1n) is 5.37. The maximum atomic E-state index is 11.7. The van der Waals surface area contributed by atoms with Gasteiger partial charge >= 0.3 is 0 Å². The first kappa shape index (κ1) is 11.5. The van der Waals surface area contributed by atoms with Crippen LogP contribution in [0.5, 0.6) is 0 Å². The van der Waals surface area contributed by atoms with Crippen molar-refractivity contribution in [2.75, 3.05) is 20.2 Å². The zero-order valence-corrected chi connectivity index (χ0v) is 9.62. The first-order valence-corrected chi connectivity index (χ1v) is 5.37. The van der Waals surface area contributed by atoms with E-state index in [4.69, 9.17) is 4.74 Å². The summed E-state index contributed by atoms with van der Waals surface area (Å²) in [5.41, 5.74) is 0. The molecule has 1 heterocycles. The molecule has 0 saturated carbocycles. The van der Waals surface area contributed by atoms with Gasteiger partial charge in [-0.3, -0.25) is 4.79 Å². The van der Waals surface area contributed by atoms with Gasteiger partial charge in [-0.1, -0.05) is 20.8 Å². The fourth-order valence-electron chi connectivity index (χ4n) is 1.67. The minimum atomic E-state index is -0.186. The number of carbonyl (C=O) groups is 1. The SMILES string of the molecule is CO[C@@H]1CCN(C[C@H](C)C(C)C)C1=O. The number of hydrogen-bond acceptors (Lipinski definition) is 2. The Balaban J connectivity index is 2.44. The number of methoxy groups -OCH3 is 1. The summed E-state index contributed by atoms with van der Waals surface area (Å²) in [6.07, 6.45) is 0.662. The van der Waals surface area contributed by atoms with Crippen molar-refractivity contribution < 1.29 is 9.53 Å². The van der Waals surface area contributed by atoms with Crippen LogP contribution in [0.25, 0.3) is 0 Å². The Labute approximate surface area is 86.4 Å². The molecule has 0 aliphatic carbocycles. The first-order chi connectivity index (χ1) is 6.56. The molecular formula is C11H21NO2. The van der Waals surface area contributed by atoms with E-state index in [-0.39, 0.29) is 12.0 Å². The van der Waals surface area contributed by atoms with Crippen LogP contribution in [0.4, 0.5) is 0 Å². The molecule has 1 aliphatic rings. The van der Waals surface area contributed by atoms with Crippen molar-refractivity contribution in [2.45, 2.75) is 33.3 Å². The van der Waals surface area contributed by atoms with Crippen LogP contribution in [0.15, 0.2) is 0 Å². The van der Waals surface area contributed by atoms with Crippen molar-refractivity contribution in [3.8, 4) is 0 Å². The number of carbonyl (C=O) groups excluding carboxylic acids is 1. The van der Waals surface area contributed by atoms with Crippen LogP contribution < -0.4 is 0 Å². The fourth-order valence-corrected chi connectivity index (χ4v) is 1.67. The predicted molar refractivity (Wildman–Crippen MR) is 56.0 cm³/mol. The third-order valence-electron chi connectivity index (χ3n) is 3.18. The van der Waals surface area contributed by atoms with Crippen molar-refractivity contribution in [2.24, 2.45) is 11.8 Å². The van der Waals surface area contributed by atoms with Crippen LogP contribution >= 0.6 is 0 Å². The Hall–Kier alpha value is -0.570. The summed E-state index contributed by atoms with van der Waals surface area (Å²) in [6.45, 7) is 8.31. The summed E-state index contributed by atoms with van der Waals surface area (Å²) in [5.74, 6) is 1.36. The maximum Gasteiger partial charge on any atom is 0.251 e. The van der Waals surface area contributed by atoms with Gasteiger partial charge in [0.25, 0.3) is 5.91 Å². The molecule has 0 unspecified atom stereocenters. The Morgan fingerprint density at radius 2 is 2.14 bits per heavy atom. The van der Waals surface area contributed by atoms with Gasteiger partial charge in [-0.2, -0.15) is 0 Å². The standard InChI is InChI=1S/C11H21NO2/c1-8(2)9(3)7-12-6-5-10(14-4)11(12)13/h8-10H,5-7H2,1-4H3/t9-,10+/m0/s1. The van der Waals surface area contributed by atoms with Crippen molar-refractivity contribution >= 4 is 5.91 Å². The molecule has 0 aromatic rings. The van der Waals surface area contributed by atoms with Gasteiger partial charge in [0.15, 0.2) is 0 Å². The molecule has 0 radical (unpaired) electrons. The molecular weight excluding hydrogens is 178 g/mol. The molecule has 0 aromatic heterocycles. The smallest absolute Gasteiger partial charge is 0.251 e. The van der Waals surface area contributed by atoms with E-state index in [1.54, 1.807) is 7.11 Å². The number of hydrogen-bond donors (Lipinski definition) is 0. The van der Waals surface area contributed by atoms with Crippen LogP contribution in [0.3, 0.4) is 0 Å². The van der Waals surface area contributed by atoms with E-state index < -0.39 is 0 Å². The van der Waals surface area contributed by atoms with Crippen LogP contribution in [-0.2, 0) is 9.53 Å². The third-order valence-corrected chi connectivity index (χ3v) is 3.18. The number of nitrogens with zero attached hydrogens (tertiary/aromatic N) is 1. The molecule has 3 nitrogen and oxygen atoms in total. The number of rotatable bonds is 4. The van der Waals surface area contributed by atoms with Crippen LogP contribution in [0.1, 0.15) is 27.2 Å². The second-order valence-electron chi connectivity index (χ2n) is 4.52.